The minimum Gasteiger partial charge on any atom is -0.479 e. The van der Waals surface area contributed by atoms with Crippen LogP contribution in [0.15, 0.2) is 40.8 Å². The van der Waals surface area contributed by atoms with Gasteiger partial charge in [0.2, 0.25) is 0 Å². The first kappa shape index (κ1) is 23.7. The van der Waals surface area contributed by atoms with Gasteiger partial charge in [-0.05, 0) is 36.4 Å². The van der Waals surface area contributed by atoms with Gasteiger partial charge in [-0.2, -0.15) is 13.2 Å². The van der Waals surface area contributed by atoms with Crippen molar-refractivity contribution in [3.05, 3.63) is 47.2 Å². The summed E-state index contributed by atoms with van der Waals surface area (Å²) in [5, 5.41) is 16.9. The van der Waals surface area contributed by atoms with Crippen molar-refractivity contribution in [2.75, 3.05) is 20.2 Å². The van der Waals surface area contributed by atoms with Crippen molar-refractivity contribution in [1.29, 1.82) is 0 Å². The molecule has 2 N–H and O–H groups in total. The highest BCUT2D eigenvalue weighted by Gasteiger charge is 2.38. The van der Waals surface area contributed by atoms with Crippen molar-refractivity contribution in [2.24, 2.45) is 5.92 Å². The third kappa shape index (κ3) is 6.48. The molecule has 0 bridgehead atoms. The van der Waals surface area contributed by atoms with Crippen LogP contribution in [0.3, 0.4) is 0 Å². The molecule has 1 aromatic heterocycles. The number of methoxy groups -OCH3 is 1. The molecule has 0 amide bonds. The molecule has 0 spiro atoms. The summed E-state index contributed by atoms with van der Waals surface area (Å²) in [4.78, 5) is 22.1. The molecule has 1 atom stereocenters. The average molecular weight is 450 g/mol. The monoisotopic (exact) mass is 449 g/mol. The molecular formula is C19H19ClF3NO6. The maximum atomic E-state index is 11.0. The zero-order chi connectivity index (χ0) is 22.5. The molecule has 1 fully saturated rings. The molecule has 0 saturated carbocycles. The van der Waals surface area contributed by atoms with Gasteiger partial charge in [0.25, 0.3) is 0 Å². The predicted molar refractivity (Wildman–Crippen MR) is 100 cm³/mol. The fraction of sp³-hybridized carbons (Fsp3) is 0.368. The van der Waals surface area contributed by atoms with Crippen LogP contribution in [0.1, 0.15) is 5.76 Å². The second-order valence-corrected chi connectivity index (χ2v) is 6.96. The van der Waals surface area contributed by atoms with Gasteiger partial charge >= 0.3 is 18.1 Å². The van der Waals surface area contributed by atoms with Gasteiger partial charge in [0.15, 0.2) is 6.10 Å². The fourth-order valence-corrected chi connectivity index (χ4v) is 3.00. The van der Waals surface area contributed by atoms with Crippen LogP contribution < -0.4 is 0 Å². The highest BCUT2D eigenvalue weighted by Crippen LogP contribution is 2.27. The molecule has 2 heterocycles. The van der Waals surface area contributed by atoms with E-state index in [0.29, 0.717) is 24.7 Å². The third-order valence-electron chi connectivity index (χ3n) is 4.32. The van der Waals surface area contributed by atoms with E-state index in [2.05, 4.69) is 4.90 Å². The lowest BCUT2D eigenvalue weighted by molar-refractivity contribution is -0.192. The molecule has 1 saturated heterocycles. The van der Waals surface area contributed by atoms with Crippen LogP contribution in [-0.2, 0) is 20.9 Å². The number of likely N-dealkylation sites (tertiary alicyclic amines) is 1. The summed E-state index contributed by atoms with van der Waals surface area (Å²) in [6, 6.07) is 11.4. The minimum atomic E-state index is -5.08. The number of carboxylic acid groups (broad SMARTS) is 2. The summed E-state index contributed by atoms with van der Waals surface area (Å²) in [7, 11) is 1.44. The Morgan fingerprint density at radius 2 is 1.77 bits per heavy atom. The quantitative estimate of drug-likeness (QED) is 0.692. The Bertz CT molecular complexity index is 862. The number of rotatable bonds is 6. The number of hydrogen-bond donors (Lipinski definition) is 2. The third-order valence-corrected chi connectivity index (χ3v) is 4.58. The Balaban J connectivity index is 0.000000396. The van der Waals surface area contributed by atoms with Crippen molar-refractivity contribution in [1.82, 2.24) is 4.90 Å². The Kier molecular flexibility index (Phi) is 7.88. The number of ether oxygens (including phenoxy) is 1. The molecule has 11 heteroatoms. The Hall–Kier alpha value is -2.56. The second-order valence-electron chi connectivity index (χ2n) is 6.52. The number of hydrogen-bond acceptors (Lipinski definition) is 5. The number of halogens is 4. The minimum absolute atomic E-state index is 0.0307. The van der Waals surface area contributed by atoms with Gasteiger partial charge in [-0.1, -0.05) is 11.6 Å². The summed E-state index contributed by atoms with van der Waals surface area (Å²) < 4.78 is 42.6. The number of carbonyl (C=O) groups is 2. The number of carboxylic acids is 2. The lowest BCUT2D eigenvalue weighted by Gasteiger charge is -2.40. The first-order valence-electron chi connectivity index (χ1n) is 8.64. The predicted octanol–water partition coefficient (Wildman–Crippen LogP) is 3.76. The Morgan fingerprint density at radius 3 is 2.23 bits per heavy atom. The van der Waals surface area contributed by atoms with Crippen molar-refractivity contribution >= 4 is 23.5 Å². The number of benzene rings is 1. The van der Waals surface area contributed by atoms with Crippen LogP contribution in [0.25, 0.3) is 11.3 Å². The summed E-state index contributed by atoms with van der Waals surface area (Å²) in [6.45, 7) is 2.06. The molecule has 0 aliphatic carbocycles. The van der Waals surface area contributed by atoms with Crippen molar-refractivity contribution < 1.29 is 42.1 Å². The molecule has 1 aliphatic rings. The van der Waals surface area contributed by atoms with Gasteiger partial charge in [-0.25, -0.2) is 9.59 Å². The summed E-state index contributed by atoms with van der Waals surface area (Å²) >= 11 is 5.88. The first-order valence-corrected chi connectivity index (χ1v) is 9.01. The largest absolute Gasteiger partial charge is 0.490 e. The maximum Gasteiger partial charge on any atom is 0.490 e. The zero-order valence-electron chi connectivity index (χ0n) is 15.7. The second kappa shape index (κ2) is 9.96. The normalized spacial score (nSPS) is 15.6. The standard InChI is InChI=1S/C17H18ClNO4.C2HF3O2/c1-22-16(17(20)21)12-8-19(9-12)10-14-6-7-15(23-14)11-2-4-13(18)5-3-11;3-2(4,5)1(6)7/h2-7,12,16H,8-10H2,1H3,(H,20,21);(H,6,7). The molecular weight excluding hydrogens is 431 g/mol. The van der Waals surface area contributed by atoms with E-state index in [-0.39, 0.29) is 5.92 Å². The van der Waals surface area contributed by atoms with E-state index in [9.17, 15) is 18.0 Å². The highest BCUT2D eigenvalue weighted by molar-refractivity contribution is 6.30. The van der Waals surface area contributed by atoms with E-state index < -0.39 is 24.2 Å². The van der Waals surface area contributed by atoms with Gasteiger partial charge in [0, 0.05) is 36.7 Å². The molecule has 2 aromatic rings. The molecule has 0 radical (unpaired) electrons. The summed E-state index contributed by atoms with van der Waals surface area (Å²) in [6.07, 6.45) is -5.81. The van der Waals surface area contributed by atoms with E-state index in [1.807, 2.05) is 36.4 Å². The summed E-state index contributed by atoms with van der Waals surface area (Å²) in [5.74, 6) is -1.97. The number of aliphatic carboxylic acids is 2. The maximum absolute atomic E-state index is 11.0. The van der Waals surface area contributed by atoms with Crippen LogP contribution >= 0.6 is 11.6 Å². The van der Waals surface area contributed by atoms with Gasteiger partial charge in [0.05, 0.1) is 6.54 Å². The molecule has 1 aliphatic heterocycles. The topological polar surface area (TPSA) is 100 Å². The van der Waals surface area contributed by atoms with E-state index in [4.69, 9.17) is 35.8 Å². The van der Waals surface area contributed by atoms with Gasteiger partial charge in [-0.15, -0.1) is 0 Å². The molecule has 3 rings (SSSR count). The first-order chi connectivity index (χ1) is 14.0. The lowest BCUT2D eigenvalue weighted by Crippen LogP contribution is -2.53. The molecule has 1 unspecified atom stereocenters. The summed E-state index contributed by atoms with van der Waals surface area (Å²) in [5.41, 5.74) is 0.979. The van der Waals surface area contributed by atoms with Gasteiger partial charge < -0.3 is 19.4 Å². The molecule has 7 nitrogen and oxygen atoms in total. The number of nitrogens with zero attached hydrogens (tertiary/aromatic N) is 1. The SMILES string of the molecule is COC(C(=O)O)C1CN(Cc2ccc(-c3ccc(Cl)cc3)o2)C1.O=C(O)C(F)(F)F. The number of alkyl halides is 3. The lowest BCUT2D eigenvalue weighted by atomic mass is 9.93. The molecule has 30 heavy (non-hydrogen) atoms. The van der Waals surface area contributed by atoms with Crippen LogP contribution in [0.2, 0.25) is 5.02 Å². The van der Waals surface area contributed by atoms with Crippen LogP contribution in [0, 0.1) is 5.92 Å². The van der Waals surface area contributed by atoms with Crippen LogP contribution in [0.4, 0.5) is 13.2 Å². The fourth-order valence-electron chi connectivity index (χ4n) is 2.88. The number of furan rings is 1. The Labute approximate surface area is 174 Å². The zero-order valence-corrected chi connectivity index (χ0v) is 16.5. The van der Waals surface area contributed by atoms with E-state index >= 15 is 0 Å². The van der Waals surface area contributed by atoms with E-state index in [1.165, 1.54) is 7.11 Å². The van der Waals surface area contributed by atoms with Gasteiger partial charge in [0.1, 0.15) is 11.5 Å². The van der Waals surface area contributed by atoms with E-state index in [1.54, 1.807) is 0 Å². The van der Waals surface area contributed by atoms with Crippen molar-refractivity contribution in [3.8, 4) is 11.3 Å². The smallest absolute Gasteiger partial charge is 0.479 e. The Morgan fingerprint density at radius 1 is 1.20 bits per heavy atom. The average Bonchev–Trinajstić information content (AvgIpc) is 3.09. The van der Waals surface area contributed by atoms with Gasteiger partial charge in [-0.3, -0.25) is 4.90 Å². The van der Waals surface area contributed by atoms with Crippen LogP contribution in [0.5, 0.6) is 0 Å². The van der Waals surface area contributed by atoms with Crippen molar-refractivity contribution in [3.63, 3.8) is 0 Å². The highest BCUT2D eigenvalue weighted by atomic mass is 35.5. The van der Waals surface area contributed by atoms with Crippen molar-refractivity contribution in [2.45, 2.75) is 18.8 Å². The van der Waals surface area contributed by atoms with Crippen LogP contribution in [-0.4, -0.2) is 59.5 Å². The van der Waals surface area contributed by atoms with E-state index in [0.717, 1.165) is 17.1 Å². The molecule has 1 aromatic carbocycles. The molecule has 164 valence electrons.